The van der Waals surface area contributed by atoms with Gasteiger partial charge in [0.2, 0.25) is 0 Å². The molecule has 1 aliphatic rings. The van der Waals surface area contributed by atoms with Gasteiger partial charge in [0.25, 0.3) is 18.3 Å². The maximum atomic E-state index is 13.1. The van der Waals surface area contributed by atoms with E-state index >= 15 is 0 Å². The highest BCUT2D eigenvalue weighted by molar-refractivity contribution is 7.85. The van der Waals surface area contributed by atoms with Crippen LogP contribution < -0.4 is 14.8 Å². The summed E-state index contributed by atoms with van der Waals surface area (Å²) < 4.78 is 28.4. The Balaban J connectivity index is 2.13. The molecule has 0 aliphatic carbocycles. The third-order valence-electron chi connectivity index (χ3n) is 5.32. The monoisotopic (exact) mass is 538 g/mol. The van der Waals surface area contributed by atoms with Crippen LogP contribution in [0.15, 0.2) is 35.5 Å². The average molecular weight is 539 g/mol. The Morgan fingerprint density at radius 2 is 1.92 bits per heavy atom. The topological polar surface area (TPSA) is 166 Å². The van der Waals surface area contributed by atoms with Gasteiger partial charge in [0, 0.05) is 22.6 Å². The van der Waals surface area contributed by atoms with E-state index in [1.807, 2.05) is 6.92 Å². The minimum Gasteiger partial charge on any atom is -0.484 e. The Hall–Kier alpha value is -3.74. The predicted octanol–water partition coefficient (Wildman–Crippen LogP) is 1.11. The third kappa shape index (κ3) is 7.87. The van der Waals surface area contributed by atoms with Gasteiger partial charge in [0.15, 0.2) is 6.61 Å². The average Bonchev–Trinajstić information content (AvgIpc) is 2.84. The van der Waals surface area contributed by atoms with E-state index < -0.39 is 52.6 Å². The molecule has 1 fully saturated rings. The Morgan fingerprint density at radius 3 is 2.51 bits per heavy atom. The van der Waals surface area contributed by atoms with Crippen molar-refractivity contribution in [2.75, 3.05) is 12.4 Å². The summed E-state index contributed by atoms with van der Waals surface area (Å²) in [5, 5.41) is 10.8. The highest BCUT2D eigenvalue weighted by atomic mass is 32.2. The van der Waals surface area contributed by atoms with Crippen LogP contribution in [0.25, 0.3) is 0 Å². The summed E-state index contributed by atoms with van der Waals surface area (Å²) in [4.78, 5) is 60.6. The zero-order valence-electron chi connectivity index (χ0n) is 20.9. The molecule has 1 aliphatic heterocycles. The molecule has 2 amide bonds. The van der Waals surface area contributed by atoms with Crippen LogP contribution in [0.4, 0.5) is 0 Å². The lowest BCUT2D eigenvalue weighted by Gasteiger charge is -2.46. The maximum absolute atomic E-state index is 13.1. The largest absolute Gasteiger partial charge is 0.484 e. The molecule has 13 heteroatoms. The number of amides is 2. The van der Waals surface area contributed by atoms with Gasteiger partial charge in [-0.2, -0.15) is 0 Å². The fourth-order valence-electron chi connectivity index (χ4n) is 3.39. The van der Waals surface area contributed by atoms with Gasteiger partial charge >= 0.3 is 11.9 Å². The molecule has 1 aromatic carbocycles. The Bertz CT molecular complexity index is 1100. The SMILES string of the molecule is CCC(C)OC(=O)CCS(=O)C1C(NC(=O)COc2cccc(OC=O)c2)C(=O)N1C(C(=O)O)=C(C)C. The fourth-order valence-corrected chi connectivity index (χ4v) is 4.93. The molecule has 4 atom stereocenters. The molecule has 12 nitrogen and oxygen atoms in total. The van der Waals surface area contributed by atoms with Crippen LogP contribution in [0, 0.1) is 0 Å². The lowest BCUT2D eigenvalue weighted by molar-refractivity contribution is -0.151. The van der Waals surface area contributed by atoms with Crippen molar-refractivity contribution in [2.45, 2.75) is 58.1 Å². The molecule has 0 aromatic heterocycles. The van der Waals surface area contributed by atoms with Crippen LogP contribution in [0.1, 0.15) is 40.5 Å². The molecule has 202 valence electrons. The number of benzene rings is 1. The molecular weight excluding hydrogens is 508 g/mol. The number of aliphatic carboxylic acids is 1. The molecule has 1 saturated heterocycles. The Labute approximate surface area is 216 Å². The summed E-state index contributed by atoms with van der Waals surface area (Å²) in [6.45, 7) is 6.25. The number of carbonyl (C=O) groups excluding carboxylic acids is 4. The molecule has 37 heavy (non-hydrogen) atoms. The van der Waals surface area contributed by atoms with Gasteiger partial charge in [-0.3, -0.25) is 28.3 Å². The van der Waals surface area contributed by atoms with Crippen LogP contribution in [0.3, 0.4) is 0 Å². The summed E-state index contributed by atoms with van der Waals surface area (Å²) in [7, 11) is -1.91. The minimum atomic E-state index is -1.91. The van der Waals surface area contributed by atoms with Gasteiger partial charge in [-0.05, 0) is 44.9 Å². The van der Waals surface area contributed by atoms with Gasteiger partial charge in [0.05, 0.1) is 12.5 Å². The van der Waals surface area contributed by atoms with Crippen molar-refractivity contribution in [2.24, 2.45) is 0 Å². The zero-order chi connectivity index (χ0) is 27.7. The number of nitrogens with one attached hydrogen (secondary N) is 1. The summed E-state index contributed by atoms with van der Waals surface area (Å²) in [6, 6.07) is 4.65. The van der Waals surface area contributed by atoms with E-state index in [-0.39, 0.29) is 41.9 Å². The van der Waals surface area contributed by atoms with Crippen LogP contribution in [0.5, 0.6) is 11.5 Å². The lowest BCUT2D eigenvalue weighted by Crippen LogP contribution is -2.72. The van der Waals surface area contributed by atoms with E-state index in [4.69, 9.17) is 14.2 Å². The van der Waals surface area contributed by atoms with Crippen LogP contribution in [0.2, 0.25) is 0 Å². The second-order valence-electron chi connectivity index (χ2n) is 8.32. The number of hydrogen-bond acceptors (Lipinski definition) is 9. The normalized spacial score (nSPS) is 18.1. The first kappa shape index (κ1) is 29.5. The molecule has 0 saturated carbocycles. The number of allylic oxidation sites excluding steroid dienone is 1. The van der Waals surface area contributed by atoms with E-state index in [0.29, 0.717) is 12.0 Å². The molecule has 4 unspecified atom stereocenters. The number of esters is 1. The van der Waals surface area contributed by atoms with Gasteiger partial charge < -0.3 is 24.6 Å². The first-order chi connectivity index (χ1) is 17.5. The van der Waals surface area contributed by atoms with E-state index in [9.17, 15) is 33.3 Å². The van der Waals surface area contributed by atoms with Crippen molar-refractivity contribution in [1.82, 2.24) is 10.2 Å². The van der Waals surface area contributed by atoms with Crippen molar-refractivity contribution in [1.29, 1.82) is 0 Å². The molecule has 0 bridgehead atoms. The van der Waals surface area contributed by atoms with Crippen molar-refractivity contribution >= 4 is 41.0 Å². The summed E-state index contributed by atoms with van der Waals surface area (Å²) in [5.74, 6) is -3.24. The van der Waals surface area contributed by atoms with Crippen LogP contribution in [-0.2, 0) is 39.5 Å². The molecule has 2 N–H and O–H groups in total. The standard InChI is InChI=1S/C24H30N2O10S/c1-5-15(4)36-19(29)9-10-37(33)23-20(22(30)26(23)21(14(2)3)24(31)32)25-18(28)12-34-16-7-6-8-17(11-16)35-13-27/h6-8,11,13,15,20,23H,5,9-10,12H2,1-4H3,(H,25,28)(H,31,32). The molecule has 0 radical (unpaired) electrons. The highest BCUT2D eigenvalue weighted by Gasteiger charge is 2.54. The van der Waals surface area contributed by atoms with E-state index in [1.54, 1.807) is 6.92 Å². The van der Waals surface area contributed by atoms with Crippen molar-refractivity contribution < 1.29 is 47.5 Å². The molecule has 0 spiro atoms. The molecule has 1 aromatic rings. The van der Waals surface area contributed by atoms with Crippen LogP contribution >= 0.6 is 0 Å². The Morgan fingerprint density at radius 1 is 1.24 bits per heavy atom. The van der Waals surface area contributed by atoms with Crippen molar-refractivity contribution in [3.8, 4) is 11.5 Å². The smallest absolute Gasteiger partial charge is 0.352 e. The summed E-state index contributed by atoms with van der Waals surface area (Å²) >= 11 is 0. The number of hydrogen-bond donors (Lipinski definition) is 2. The van der Waals surface area contributed by atoms with Gasteiger partial charge in [0.1, 0.15) is 28.6 Å². The fraction of sp³-hybridized carbons (Fsp3) is 0.458. The second-order valence-corrected chi connectivity index (χ2v) is 9.97. The number of β-lactam (4-membered cyclic amide) rings is 1. The number of likely N-dealkylation sites (tertiary alicyclic amines) is 1. The number of rotatable bonds is 14. The van der Waals surface area contributed by atoms with Gasteiger partial charge in [-0.15, -0.1) is 0 Å². The van der Waals surface area contributed by atoms with E-state index in [0.717, 1.165) is 4.90 Å². The Kier molecular flexibility index (Phi) is 10.8. The van der Waals surface area contributed by atoms with Crippen molar-refractivity contribution in [3.05, 3.63) is 35.5 Å². The number of nitrogens with zero attached hydrogens (tertiary/aromatic N) is 1. The van der Waals surface area contributed by atoms with Gasteiger partial charge in [-0.25, -0.2) is 4.79 Å². The van der Waals surface area contributed by atoms with E-state index in [1.165, 1.54) is 38.1 Å². The zero-order valence-corrected chi connectivity index (χ0v) is 21.7. The molecular formula is C24H30N2O10S. The summed E-state index contributed by atoms with van der Waals surface area (Å²) in [6.07, 6.45) is 0.0764. The van der Waals surface area contributed by atoms with Crippen molar-refractivity contribution in [3.63, 3.8) is 0 Å². The second kappa shape index (κ2) is 13.5. The number of carboxylic acid groups (broad SMARTS) is 1. The minimum absolute atomic E-state index is 0.197. The summed E-state index contributed by atoms with van der Waals surface area (Å²) in [5.41, 5.74) is -0.0520. The van der Waals surface area contributed by atoms with Gasteiger partial charge in [-0.1, -0.05) is 13.0 Å². The first-order valence-electron chi connectivity index (χ1n) is 11.4. The predicted molar refractivity (Wildman–Crippen MR) is 131 cm³/mol. The molecule has 1 heterocycles. The number of ether oxygens (including phenoxy) is 3. The van der Waals surface area contributed by atoms with Crippen LogP contribution in [-0.4, -0.2) is 74.3 Å². The lowest BCUT2D eigenvalue weighted by atomic mass is 10.0. The number of carbonyl (C=O) groups is 5. The molecule has 2 rings (SSSR count). The number of carboxylic acids is 1. The highest BCUT2D eigenvalue weighted by Crippen LogP contribution is 2.30. The maximum Gasteiger partial charge on any atom is 0.352 e. The van der Waals surface area contributed by atoms with E-state index in [2.05, 4.69) is 5.32 Å². The third-order valence-corrected chi connectivity index (χ3v) is 6.95. The first-order valence-corrected chi connectivity index (χ1v) is 12.8. The quantitative estimate of drug-likeness (QED) is 0.152.